The highest BCUT2D eigenvalue weighted by Gasteiger charge is 2.23. The van der Waals surface area contributed by atoms with E-state index in [-0.39, 0.29) is 0 Å². The molecule has 0 spiro atoms. The first-order valence-electron chi connectivity index (χ1n) is 19.5. The number of hydrogen-bond donors (Lipinski definition) is 0. The van der Waals surface area contributed by atoms with Crippen LogP contribution >= 0.6 is 0 Å². The molecule has 12 aromatic rings. The van der Waals surface area contributed by atoms with Crippen LogP contribution in [0.3, 0.4) is 0 Å². The zero-order valence-corrected chi connectivity index (χ0v) is 30.9. The quantitative estimate of drug-likeness (QED) is 0.170. The van der Waals surface area contributed by atoms with E-state index in [1.54, 1.807) is 0 Å². The fourth-order valence-corrected chi connectivity index (χ4v) is 9.13. The number of nitrogens with zero attached hydrogens (tertiary/aromatic N) is 2. The molecule has 57 heavy (non-hydrogen) atoms. The maximum atomic E-state index is 6.68. The summed E-state index contributed by atoms with van der Waals surface area (Å²) >= 11 is 0. The van der Waals surface area contributed by atoms with E-state index in [1.165, 1.54) is 54.8 Å². The maximum Gasteiger partial charge on any atom is 0.143 e. The van der Waals surface area contributed by atoms with E-state index in [2.05, 4.69) is 209 Å². The second-order valence-electron chi connectivity index (χ2n) is 14.9. The maximum absolute atomic E-state index is 6.68. The predicted octanol–water partition coefficient (Wildman–Crippen LogP) is 15.2. The topological polar surface area (TPSA) is 20.8 Å². The molecular weight excluding hydrogens is 693 g/mol. The van der Waals surface area contributed by atoms with E-state index >= 15 is 0 Å². The van der Waals surface area contributed by atoms with Crippen molar-refractivity contribution in [2.75, 3.05) is 4.90 Å². The van der Waals surface area contributed by atoms with Crippen molar-refractivity contribution in [2.45, 2.75) is 0 Å². The molecule has 0 aliphatic heterocycles. The number of fused-ring (bicyclic) bond motifs is 9. The third-order valence-electron chi connectivity index (χ3n) is 11.7. The number of rotatable bonds is 6. The van der Waals surface area contributed by atoms with E-state index in [1.807, 2.05) is 6.07 Å². The first-order valence-corrected chi connectivity index (χ1v) is 19.5. The Morgan fingerprint density at radius 1 is 0.368 bits per heavy atom. The second kappa shape index (κ2) is 12.5. The van der Waals surface area contributed by atoms with Gasteiger partial charge in [-0.15, -0.1) is 0 Å². The molecule has 12 rings (SSSR count). The lowest BCUT2D eigenvalue weighted by Gasteiger charge is -2.27. The van der Waals surface area contributed by atoms with Crippen molar-refractivity contribution in [3.8, 4) is 33.4 Å². The Morgan fingerprint density at radius 3 is 1.70 bits per heavy atom. The normalized spacial score (nSPS) is 11.9. The molecule has 0 atom stereocenters. The smallest absolute Gasteiger partial charge is 0.143 e. The molecule has 0 N–H and O–H groups in total. The molecule has 0 amide bonds. The summed E-state index contributed by atoms with van der Waals surface area (Å²) in [6.07, 6.45) is 0. The van der Waals surface area contributed by atoms with Crippen LogP contribution in [0, 0.1) is 0 Å². The van der Waals surface area contributed by atoms with E-state index in [0.717, 1.165) is 55.7 Å². The Morgan fingerprint density at radius 2 is 0.930 bits per heavy atom. The number of furan rings is 1. The van der Waals surface area contributed by atoms with Crippen LogP contribution in [-0.2, 0) is 0 Å². The van der Waals surface area contributed by atoms with E-state index in [0.29, 0.717) is 0 Å². The fraction of sp³-hybridized carbons (Fsp3) is 0. The molecule has 0 bridgehead atoms. The van der Waals surface area contributed by atoms with Crippen LogP contribution in [-0.4, -0.2) is 4.40 Å². The van der Waals surface area contributed by atoms with Gasteiger partial charge in [0.25, 0.3) is 0 Å². The fourth-order valence-electron chi connectivity index (χ4n) is 9.13. The SMILES string of the molecule is c1ccc(-c2ccc(N(c3ccc(-c4cccc5c4oc4cc(-c6ccccc6)ccc45)cc3)c3cccc4c3c3cccc5c6ccccc6n4c53)cc2)cc1. The number of hydrogen-bond acceptors (Lipinski definition) is 2. The Hall–Kier alpha value is -7.62. The zero-order valence-electron chi connectivity index (χ0n) is 30.9. The van der Waals surface area contributed by atoms with Crippen molar-refractivity contribution in [2.24, 2.45) is 0 Å². The molecule has 0 aliphatic rings. The summed E-state index contributed by atoms with van der Waals surface area (Å²) < 4.78 is 9.14. The van der Waals surface area contributed by atoms with Crippen molar-refractivity contribution in [1.29, 1.82) is 0 Å². The van der Waals surface area contributed by atoms with Crippen LogP contribution in [0.15, 0.2) is 211 Å². The average molecular weight is 727 g/mol. The van der Waals surface area contributed by atoms with Gasteiger partial charge in [-0.2, -0.15) is 0 Å². The summed E-state index contributed by atoms with van der Waals surface area (Å²) in [5, 5.41) is 7.30. The van der Waals surface area contributed by atoms with Gasteiger partial charge in [0.1, 0.15) is 11.2 Å². The van der Waals surface area contributed by atoms with Gasteiger partial charge in [-0.05, 0) is 82.4 Å². The molecule has 0 fully saturated rings. The molecule has 3 nitrogen and oxygen atoms in total. The molecule has 0 radical (unpaired) electrons. The first kappa shape index (κ1) is 31.7. The highest BCUT2D eigenvalue weighted by Crippen LogP contribution is 2.47. The lowest BCUT2D eigenvalue weighted by molar-refractivity contribution is 0.670. The molecule has 3 heterocycles. The molecule has 0 saturated carbocycles. The second-order valence-corrected chi connectivity index (χ2v) is 14.9. The van der Waals surface area contributed by atoms with Gasteiger partial charge >= 0.3 is 0 Å². The Balaban J connectivity index is 1.02. The van der Waals surface area contributed by atoms with Crippen molar-refractivity contribution < 1.29 is 4.42 Å². The summed E-state index contributed by atoms with van der Waals surface area (Å²) in [5.74, 6) is 0. The van der Waals surface area contributed by atoms with Gasteiger partial charge in [-0.25, -0.2) is 0 Å². The van der Waals surface area contributed by atoms with Gasteiger partial charge in [-0.1, -0.05) is 152 Å². The molecule has 3 aromatic heterocycles. The summed E-state index contributed by atoms with van der Waals surface area (Å²) in [6, 6.07) is 74.3. The minimum atomic E-state index is 0.895. The Kier molecular flexibility index (Phi) is 6.93. The van der Waals surface area contributed by atoms with Crippen molar-refractivity contribution in [1.82, 2.24) is 4.40 Å². The highest BCUT2D eigenvalue weighted by molar-refractivity contribution is 6.26. The third-order valence-corrected chi connectivity index (χ3v) is 11.7. The largest absolute Gasteiger partial charge is 0.455 e. The number of para-hydroxylation sites is 3. The van der Waals surface area contributed by atoms with E-state index in [4.69, 9.17) is 4.42 Å². The highest BCUT2D eigenvalue weighted by atomic mass is 16.3. The summed E-state index contributed by atoms with van der Waals surface area (Å²) in [6.45, 7) is 0. The van der Waals surface area contributed by atoms with Crippen LogP contribution in [0.2, 0.25) is 0 Å². The number of aromatic nitrogens is 1. The van der Waals surface area contributed by atoms with Crippen LogP contribution in [0.25, 0.3) is 93.4 Å². The summed E-state index contributed by atoms with van der Waals surface area (Å²) in [7, 11) is 0. The van der Waals surface area contributed by atoms with Crippen LogP contribution in [0.5, 0.6) is 0 Å². The minimum Gasteiger partial charge on any atom is -0.455 e. The predicted molar refractivity (Wildman–Crippen MR) is 239 cm³/mol. The van der Waals surface area contributed by atoms with Gasteiger partial charge < -0.3 is 13.7 Å². The van der Waals surface area contributed by atoms with Gasteiger partial charge in [-0.3, -0.25) is 0 Å². The Bertz CT molecular complexity index is 3430. The lowest BCUT2D eigenvalue weighted by atomic mass is 10.00. The zero-order chi connectivity index (χ0) is 37.5. The lowest BCUT2D eigenvalue weighted by Crippen LogP contribution is -2.10. The van der Waals surface area contributed by atoms with Gasteiger partial charge in [0.05, 0.1) is 22.2 Å². The average Bonchev–Trinajstić information content (AvgIpc) is 3.95. The van der Waals surface area contributed by atoms with E-state index < -0.39 is 0 Å². The summed E-state index contributed by atoms with van der Waals surface area (Å²) in [5.41, 5.74) is 15.7. The van der Waals surface area contributed by atoms with Crippen molar-refractivity contribution >= 4 is 77.1 Å². The van der Waals surface area contributed by atoms with Gasteiger partial charge in [0.2, 0.25) is 0 Å². The monoisotopic (exact) mass is 726 g/mol. The van der Waals surface area contributed by atoms with Crippen molar-refractivity contribution in [3.05, 3.63) is 206 Å². The first-order chi connectivity index (χ1) is 28.3. The molecule has 3 heteroatoms. The minimum absolute atomic E-state index is 0.895. The van der Waals surface area contributed by atoms with Crippen LogP contribution < -0.4 is 4.90 Å². The van der Waals surface area contributed by atoms with Crippen LogP contribution in [0.4, 0.5) is 17.1 Å². The van der Waals surface area contributed by atoms with Gasteiger partial charge in [0, 0.05) is 49.3 Å². The Labute approximate surface area is 329 Å². The van der Waals surface area contributed by atoms with Crippen molar-refractivity contribution in [3.63, 3.8) is 0 Å². The summed E-state index contributed by atoms with van der Waals surface area (Å²) in [4.78, 5) is 2.41. The van der Waals surface area contributed by atoms with Crippen LogP contribution in [0.1, 0.15) is 0 Å². The standard InChI is InChI=1S/C54H34N2O/c1-3-12-35(13-4-1)37-24-29-40(30-25-37)55(49-22-11-23-50-52(49)47-20-10-18-45-43-16-7-8-21-48(43)56(50)53(45)47)41-31-26-38(27-32-41)42-17-9-19-46-44-33-28-39(34-51(44)57-54(42)46)36-14-5-2-6-15-36/h1-34H. The molecule has 0 unspecified atom stereocenters. The molecular formula is C54H34N2O. The number of benzene rings is 9. The molecule has 266 valence electrons. The third kappa shape index (κ3) is 4.86. The van der Waals surface area contributed by atoms with Gasteiger partial charge in [0.15, 0.2) is 0 Å². The van der Waals surface area contributed by atoms with E-state index in [9.17, 15) is 0 Å². The number of anilines is 3. The molecule has 9 aromatic carbocycles. The molecule has 0 saturated heterocycles. The molecule has 0 aliphatic carbocycles.